The van der Waals surface area contributed by atoms with Crippen LogP contribution in [0.25, 0.3) is 0 Å². The monoisotopic (exact) mass is 270 g/mol. The van der Waals surface area contributed by atoms with Crippen LogP contribution in [0.2, 0.25) is 0 Å². The maximum absolute atomic E-state index is 12.1. The minimum absolute atomic E-state index is 0.250. The van der Waals surface area contributed by atoms with Crippen LogP contribution in [-0.4, -0.2) is 16.6 Å². The molecule has 0 bridgehead atoms. The molecule has 0 aliphatic carbocycles. The van der Waals surface area contributed by atoms with E-state index in [1.165, 1.54) is 24.3 Å². The molecule has 0 aliphatic rings. The summed E-state index contributed by atoms with van der Waals surface area (Å²) in [5.74, 6) is 0.291. The van der Waals surface area contributed by atoms with Gasteiger partial charge in [-0.2, -0.15) is 0 Å². The normalized spacial score (nSPS) is 11.1. The third-order valence-corrected chi connectivity index (χ3v) is 2.03. The van der Waals surface area contributed by atoms with Crippen molar-refractivity contribution in [3.8, 4) is 5.75 Å². The van der Waals surface area contributed by atoms with E-state index in [0.717, 1.165) is 0 Å². The fourth-order valence-corrected chi connectivity index (χ4v) is 1.33. The SMILES string of the molecule is Nc1ccc(Nc2cccc(OC(F)(F)F)c2)nn1. The van der Waals surface area contributed by atoms with Crippen LogP contribution in [0.5, 0.6) is 5.75 Å². The molecular formula is C11H9F3N4O. The van der Waals surface area contributed by atoms with Gasteiger partial charge >= 0.3 is 6.36 Å². The maximum atomic E-state index is 12.1. The molecule has 0 spiro atoms. The molecule has 0 fully saturated rings. The summed E-state index contributed by atoms with van der Waals surface area (Å²) in [6.45, 7) is 0. The molecule has 2 aromatic rings. The number of halogens is 3. The Morgan fingerprint density at radius 2 is 1.89 bits per heavy atom. The van der Waals surface area contributed by atoms with Crippen LogP contribution in [0.3, 0.4) is 0 Å². The van der Waals surface area contributed by atoms with Crippen molar-refractivity contribution in [2.45, 2.75) is 6.36 Å². The van der Waals surface area contributed by atoms with Crippen molar-refractivity contribution in [3.05, 3.63) is 36.4 Å². The fraction of sp³-hybridized carbons (Fsp3) is 0.0909. The van der Waals surface area contributed by atoms with E-state index in [2.05, 4.69) is 20.3 Å². The van der Waals surface area contributed by atoms with Crippen molar-refractivity contribution in [3.63, 3.8) is 0 Å². The van der Waals surface area contributed by atoms with Crippen molar-refractivity contribution in [1.82, 2.24) is 10.2 Å². The Morgan fingerprint density at radius 1 is 1.11 bits per heavy atom. The first-order valence-corrected chi connectivity index (χ1v) is 5.14. The number of benzene rings is 1. The molecule has 5 nitrogen and oxygen atoms in total. The van der Waals surface area contributed by atoms with Gasteiger partial charge < -0.3 is 15.8 Å². The van der Waals surface area contributed by atoms with Gasteiger partial charge in [0.1, 0.15) is 11.6 Å². The van der Waals surface area contributed by atoms with E-state index in [9.17, 15) is 13.2 Å². The third kappa shape index (κ3) is 4.02. The first kappa shape index (κ1) is 12.9. The lowest BCUT2D eigenvalue weighted by Gasteiger charge is -2.10. The first-order chi connectivity index (χ1) is 8.92. The molecule has 100 valence electrons. The molecule has 0 saturated carbocycles. The zero-order valence-electron chi connectivity index (χ0n) is 9.48. The highest BCUT2D eigenvalue weighted by molar-refractivity contribution is 5.58. The summed E-state index contributed by atoms with van der Waals surface area (Å²) in [7, 11) is 0. The zero-order valence-corrected chi connectivity index (χ0v) is 9.48. The lowest BCUT2D eigenvalue weighted by atomic mass is 10.3. The van der Waals surface area contributed by atoms with E-state index in [1.807, 2.05) is 0 Å². The van der Waals surface area contributed by atoms with Gasteiger partial charge in [0.2, 0.25) is 0 Å². The Labute approximate surface area is 106 Å². The molecule has 2 rings (SSSR count). The molecule has 3 N–H and O–H groups in total. The smallest absolute Gasteiger partial charge is 0.406 e. The maximum Gasteiger partial charge on any atom is 0.573 e. The number of hydrogen-bond donors (Lipinski definition) is 2. The number of anilines is 3. The highest BCUT2D eigenvalue weighted by Gasteiger charge is 2.31. The summed E-state index contributed by atoms with van der Waals surface area (Å²) in [5, 5.41) is 10.1. The highest BCUT2D eigenvalue weighted by Crippen LogP contribution is 2.26. The van der Waals surface area contributed by atoms with Gasteiger partial charge in [0.25, 0.3) is 0 Å². The van der Waals surface area contributed by atoms with E-state index in [-0.39, 0.29) is 11.6 Å². The summed E-state index contributed by atoms with van der Waals surface area (Å²) in [6, 6.07) is 8.47. The minimum atomic E-state index is -4.72. The van der Waals surface area contributed by atoms with E-state index in [0.29, 0.717) is 11.5 Å². The number of nitrogen functional groups attached to an aromatic ring is 1. The van der Waals surface area contributed by atoms with Crippen molar-refractivity contribution in [2.75, 3.05) is 11.1 Å². The Balaban J connectivity index is 2.13. The molecule has 1 heterocycles. The van der Waals surface area contributed by atoms with Gasteiger partial charge in [-0.1, -0.05) is 6.07 Å². The van der Waals surface area contributed by atoms with Crippen LogP contribution in [-0.2, 0) is 0 Å². The average molecular weight is 270 g/mol. The highest BCUT2D eigenvalue weighted by atomic mass is 19.4. The van der Waals surface area contributed by atoms with Gasteiger partial charge in [-0.25, -0.2) is 0 Å². The van der Waals surface area contributed by atoms with Crippen molar-refractivity contribution < 1.29 is 17.9 Å². The molecule has 8 heteroatoms. The summed E-state index contributed by atoms with van der Waals surface area (Å²) in [4.78, 5) is 0. The second kappa shape index (κ2) is 5.01. The molecule has 1 aromatic heterocycles. The number of nitrogens with two attached hydrogens (primary N) is 1. The summed E-state index contributed by atoms with van der Waals surface area (Å²) in [6.07, 6.45) is -4.72. The number of nitrogens with one attached hydrogen (secondary N) is 1. The van der Waals surface area contributed by atoms with Crippen LogP contribution >= 0.6 is 0 Å². The van der Waals surface area contributed by atoms with Crippen LogP contribution < -0.4 is 15.8 Å². The largest absolute Gasteiger partial charge is 0.573 e. The predicted molar refractivity (Wildman–Crippen MR) is 62.9 cm³/mol. The van der Waals surface area contributed by atoms with E-state index < -0.39 is 6.36 Å². The van der Waals surface area contributed by atoms with Crippen LogP contribution in [0.4, 0.5) is 30.5 Å². The number of rotatable bonds is 3. The van der Waals surface area contributed by atoms with Gasteiger partial charge in [0, 0.05) is 11.8 Å². The van der Waals surface area contributed by atoms with Crippen LogP contribution in [0.15, 0.2) is 36.4 Å². The lowest BCUT2D eigenvalue weighted by molar-refractivity contribution is -0.274. The molecular weight excluding hydrogens is 261 g/mol. The molecule has 19 heavy (non-hydrogen) atoms. The first-order valence-electron chi connectivity index (χ1n) is 5.14. The Morgan fingerprint density at radius 3 is 2.53 bits per heavy atom. The number of aromatic nitrogens is 2. The van der Waals surface area contributed by atoms with Crippen molar-refractivity contribution in [1.29, 1.82) is 0 Å². The van der Waals surface area contributed by atoms with Gasteiger partial charge in [0.05, 0.1) is 0 Å². The number of hydrogen-bond acceptors (Lipinski definition) is 5. The third-order valence-electron chi connectivity index (χ3n) is 2.03. The zero-order chi connectivity index (χ0) is 13.9. The average Bonchev–Trinajstić information content (AvgIpc) is 2.30. The molecule has 0 radical (unpaired) electrons. The van der Waals surface area contributed by atoms with Crippen LogP contribution in [0, 0.1) is 0 Å². The van der Waals surface area contributed by atoms with E-state index in [4.69, 9.17) is 5.73 Å². The van der Waals surface area contributed by atoms with Gasteiger partial charge in [-0.05, 0) is 24.3 Å². The Bertz CT molecular complexity index is 557. The molecule has 0 amide bonds. The molecule has 0 atom stereocenters. The molecule has 1 aromatic carbocycles. The topological polar surface area (TPSA) is 73.1 Å². The summed E-state index contributed by atoms with van der Waals surface area (Å²) < 4.78 is 40.0. The number of nitrogens with zero attached hydrogens (tertiary/aromatic N) is 2. The molecule has 0 unspecified atom stereocenters. The van der Waals surface area contributed by atoms with E-state index >= 15 is 0 Å². The molecule has 0 aliphatic heterocycles. The Hall–Kier alpha value is -2.51. The summed E-state index contributed by atoms with van der Waals surface area (Å²) in [5.41, 5.74) is 5.76. The fourth-order valence-electron chi connectivity index (χ4n) is 1.33. The van der Waals surface area contributed by atoms with Crippen molar-refractivity contribution in [2.24, 2.45) is 0 Å². The standard InChI is InChI=1S/C11H9F3N4O/c12-11(13,14)19-8-3-1-2-7(6-8)16-10-5-4-9(15)17-18-10/h1-6H,(H2,15,17)(H,16,18). The van der Waals surface area contributed by atoms with Gasteiger partial charge in [0.15, 0.2) is 5.82 Å². The molecule has 0 saturated heterocycles. The lowest BCUT2D eigenvalue weighted by Crippen LogP contribution is -2.17. The minimum Gasteiger partial charge on any atom is -0.406 e. The van der Waals surface area contributed by atoms with Crippen molar-refractivity contribution >= 4 is 17.3 Å². The predicted octanol–water partition coefficient (Wildman–Crippen LogP) is 2.70. The van der Waals surface area contributed by atoms with Gasteiger partial charge in [-0.15, -0.1) is 23.4 Å². The quantitative estimate of drug-likeness (QED) is 0.897. The second-order valence-corrected chi connectivity index (χ2v) is 3.54. The number of alkyl halides is 3. The van der Waals surface area contributed by atoms with Gasteiger partial charge in [-0.3, -0.25) is 0 Å². The number of ether oxygens (including phenoxy) is 1. The second-order valence-electron chi connectivity index (χ2n) is 3.54. The summed E-state index contributed by atoms with van der Waals surface area (Å²) >= 11 is 0. The van der Waals surface area contributed by atoms with E-state index in [1.54, 1.807) is 12.1 Å². The van der Waals surface area contributed by atoms with Crippen LogP contribution in [0.1, 0.15) is 0 Å². The Kier molecular flexibility index (Phi) is 3.41.